The molecule has 3 N–H and O–H groups in total. The van der Waals surface area contributed by atoms with Crippen LogP contribution in [-0.2, 0) is 10.4 Å². The average molecular weight is 463 g/mol. The van der Waals surface area contributed by atoms with E-state index in [0.29, 0.717) is 22.3 Å². The number of hydrogen-bond donors (Lipinski definition) is 3. The second-order valence-electron chi connectivity index (χ2n) is 8.16. The summed E-state index contributed by atoms with van der Waals surface area (Å²) in [6.07, 6.45) is 3.92. The molecule has 2 aliphatic rings. The minimum absolute atomic E-state index is 0. The highest BCUT2D eigenvalue weighted by Crippen LogP contribution is 2.31. The Labute approximate surface area is 189 Å². The van der Waals surface area contributed by atoms with Crippen LogP contribution < -0.4 is 5.32 Å². The molecule has 0 spiro atoms. The van der Waals surface area contributed by atoms with Crippen LogP contribution in [0.15, 0.2) is 42.5 Å². The van der Waals surface area contributed by atoms with Crippen LogP contribution in [-0.4, -0.2) is 66.8 Å². The number of hydrogen-bond acceptors (Lipinski definition) is 5. The molecule has 0 bridgehead atoms. The summed E-state index contributed by atoms with van der Waals surface area (Å²) in [5.41, 5.74) is 2.83. The fourth-order valence-electron chi connectivity index (χ4n) is 4.25. The van der Waals surface area contributed by atoms with Crippen molar-refractivity contribution in [2.45, 2.75) is 19.3 Å². The van der Waals surface area contributed by atoms with Gasteiger partial charge in [-0.1, -0.05) is 36.4 Å². The lowest BCUT2D eigenvalue weighted by Crippen LogP contribution is -2.50. The lowest BCUT2D eigenvalue weighted by molar-refractivity contribution is -0.912. The number of fused-ring (bicyclic) bond motifs is 2. The number of nitrogens with zero attached hydrogens (tertiary/aromatic N) is 1. The Morgan fingerprint density at radius 1 is 0.875 bits per heavy atom. The zero-order valence-corrected chi connectivity index (χ0v) is 19.2. The minimum atomic E-state index is -4.67. The van der Waals surface area contributed by atoms with Crippen LogP contribution in [0.5, 0.6) is 0 Å². The predicted octanol–water partition coefficient (Wildman–Crippen LogP) is 3.30. The minimum Gasteiger partial charge on any atom is -0.379 e. The second kappa shape index (κ2) is 10.4. The Kier molecular flexibility index (Phi) is 8.30. The number of carbonyl (C=O) groups is 2. The zero-order valence-electron chi connectivity index (χ0n) is 18.4. The van der Waals surface area contributed by atoms with Crippen LogP contribution in [0.1, 0.15) is 51.1 Å². The molecular weight excluding hydrogens is 432 g/mol. The third kappa shape index (κ3) is 6.23. The van der Waals surface area contributed by atoms with Crippen molar-refractivity contribution in [2.75, 3.05) is 38.5 Å². The van der Waals surface area contributed by atoms with Crippen molar-refractivity contribution >= 4 is 27.7 Å². The van der Waals surface area contributed by atoms with Crippen molar-refractivity contribution in [3.63, 3.8) is 0 Å². The molecule has 0 radical (unpaired) electrons. The SMILES string of the molecule is C[N+]1(CCNc2cccc3c2C(=O)c2ccccc2C3=O)CCCCC1.O=S(=O)(O)O.[CH3-]. The zero-order chi connectivity index (χ0) is 22.6. The molecule has 1 saturated heterocycles. The number of piperidine rings is 1. The molecule has 0 aromatic heterocycles. The van der Waals surface area contributed by atoms with E-state index in [4.69, 9.17) is 17.5 Å². The van der Waals surface area contributed by atoms with Crippen LogP contribution in [0.25, 0.3) is 0 Å². The maximum absolute atomic E-state index is 13.0. The number of nitrogens with one attached hydrogen (secondary N) is 1. The summed E-state index contributed by atoms with van der Waals surface area (Å²) in [5, 5.41) is 3.44. The Bertz CT molecular complexity index is 1080. The highest BCUT2D eigenvalue weighted by atomic mass is 32.3. The Morgan fingerprint density at radius 2 is 1.41 bits per heavy atom. The number of rotatable bonds is 4. The van der Waals surface area contributed by atoms with E-state index in [9.17, 15) is 9.59 Å². The first-order valence-corrected chi connectivity index (χ1v) is 11.6. The molecule has 2 aromatic carbocycles. The molecule has 0 amide bonds. The molecule has 9 heteroatoms. The van der Waals surface area contributed by atoms with E-state index in [1.165, 1.54) is 32.4 Å². The van der Waals surface area contributed by atoms with Gasteiger partial charge in [-0.05, 0) is 25.3 Å². The topological polar surface area (TPSA) is 121 Å². The number of anilines is 1. The largest absolute Gasteiger partial charge is 0.394 e. The molecule has 0 unspecified atom stereocenters. The molecule has 32 heavy (non-hydrogen) atoms. The number of likely N-dealkylation sites (N-methyl/N-ethyl adjacent to an activating group) is 1. The molecular formula is C23H30N2O6S. The summed E-state index contributed by atoms with van der Waals surface area (Å²) in [6.45, 7) is 4.27. The van der Waals surface area contributed by atoms with Crippen LogP contribution in [0.3, 0.4) is 0 Å². The van der Waals surface area contributed by atoms with Gasteiger partial charge in [0.2, 0.25) is 0 Å². The molecule has 1 heterocycles. The number of carbonyl (C=O) groups excluding carboxylic acids is 2. The van der Waals surface area contributed by atoms with Gasteiger partial charge in [-0.15, -0.1) is 0 Å². The fourth-order valence-corrected chi connectivity index (χ4v) is 4.25. The quantitative estimate of drug-likeness (QED) is 0.309. The van der Waals surface area contributed by atoms with Crippen LogP contribution in [0.2, 0.25) is 0 Å². The van der Waals surface area contributed by atoms with Gasteiger partial charge in [0, 0.05) is 22.4 Å². The second-order valence-corrected chi connectivity index (χ2v) is 9.05. The van der Waals surface area contributed by atoms with Crippen molar-refractivity contribution in [1.82, 2.24) is 0 Å². The number of benzene rings is 2. The summed E-state index contributed by atoms with van der Waals surface area (Å²) in [7, 11) is -2.35. The third-order valence-corrected chi connectivity index (χ3v) is 5.82. The Balaban J connectivity index is 0.000000548. The molecule has 4 rings (SSSR count). The molecule has 1 aliphatic carbocycles. The van der Waals surface area contributed by atoms with E-state index in [0.717, 1.165) is 23.3 Å². The number of quaternary nitrogens is 1. The smallest absolute Gasteiger partial charge is 0.379 e. The van der Waals surface area contributed by atoms with Gasteiger partial charge in [0.05, 0.1) is 38.8 Å². The number of ketones is 2. The molecule has 1 aliphatic heterocycles. The van der Waals surface area contributed by atoms with E-state index >= 15 is 0 Å². The van der Waals surface area contributed by atoms with Crippen molar-refractivity contribution in [1.29, 1.82) is 0 Å². The highest BCUT2D eigenvalue weighted by Gasteiger charge is 2.31. The molecule has 2 aromatic rings. The first-order valence-electron chi connectivity index (χ1n) is 10.2. The summed E-state index contributed by atoms with van der Waals surface area (Å²) < 4.78 is 32.7. The maximum atomic E-state index is 13.0. The van der Waals surface area contributed by atoms with Gasteiger partial charge in [-0.25, -0.2) is 0 Å². The van der Waals surface area contributed by atoms with E-state index in [1.807, 2.05) is 18.2 Å². The van der Waals surface area contributed by atoms with Crippen molar-refractivity contribution in [3.8, 4) is 0 Å². The monoisotopic (exact) mass is 462 g/mol. The first-order chi connectivity index (χ1) is 14.6. The number of likely N-dealkylation sites (tertiary alicyclic amines) is 1. The first kappa shape index (κ1) is 25.7. The molecule has 0 atom stereocenters. The van der Waals surface area contributed by atoms with Crippen molar-refractivity contribution in [2.24, 2.45) is 0 Å². The molecule has 0 saturated carbocycles. The van der Waals surface area contributed by atoms with Gasteiger partial charge in [0.1, 0.15) is 0 Å². The Hall–Kier alpha value is -2.59. The van der Waals surface area contributed by atoms with E-state index in [1.54, 1.807) is 24.3 Å². The molecule has 8 nitrogen and oxygen atoms in total. The van der Waals surface area contributed by atoms with Crippen molar-refractivity contribution in [3.05, 3.63) is 72.1 Å². The van der Waals surface area contributed by atoms with Gasteiger partial charge in [-0.3, -0.25) is 18.7 Å². The Morgan fingerprint density at radius 3 is 2.00 bits per heavy atom. The predicted molar refractivity (Wildman–Crippen MR) is 123 cm³/mol. The lowest BCUT2D eigenvalue weighted by atomic mass is 9.83. The molecule has 174 valence electrons. The van der Waals surface area contributed by atoms with Gasteiger partial charge in [-0.2, -0.15) is 8.42 Å². The normalized spacial score (nSPS) is 16.6. The van der Waals surface area contributed by atoms with Crippen molar-refractivity contribution < 1.29 is 31.6 Å². The third-order valence-electron chi connectivity index (χ3n) is 5.82. The van der Waals surface area contributed by atoms with Crippen LogP contribution >= 0.6 is 0 Å². The highest BCUT2D eigenvalue weighted by molar-refractivity contribution is 7.79. The summed E-state index contributed by atoms with van der Waals surface area (Å²) >= 11 is 0. The lowest BCUT2D eigenvalue weighted by Gasteiger charge is -2.38. The van der Waals surface area contributed by atoms with Gasteiger partial charge in [0.15, 0.2) is 11.6 Å². The van der Waals surface area contributed by atoms with E-state index in [2.05, 4.69) is 12.4 Å². The summed E-state index contributed by atoms with van der Waals surface area (Å²) in [5.74, 6) is -0.120. The van der Waals surface area contributed by atoms with E-state index in [-0.39, 0.29) is 19.0 Å². The van der Waals surface area contributed by atoms with Gasteiger partial charge in [0.25, 0.3) is 0 Å². The average Bonchev–Trinajstić information content (AvgIpc) is 2.71. The summed E-state index contributed by atoms with van der Waals surface area (Å²) in [4.78, 5) is 25.8. The maximum Gasteiger partial charge on any atom is 0.394 e. The van der Waals surface area contributed by atoms with Crippen LogP contribution in [0.4, 0.5) is 5.69 Å². The summed E-state index contributed by atoms with van der Waals surface area (Å²) in [6, 6.07) is 12.6. The fraction of sp³-hybridized carbons (Fsp3) is 0.348. The van der Waals surface area contributed by atoms with E-state index < -0.39 is 10.4 Å². The van der Waals surface area contributed by atoms with Gasteiger partial charge >= 0.3 is 10.4 Å². The van der Waals surface area contributed by atoms with Crippen LogP contribution in [0, 0.1) is 7.43 Å². The standard InChI is InChI=1S/C22H24N2O2.CH3.H2O4S/c1-24(13-5-2-6-14-24)15-12-23-19-11-7-10-18-20(19)22(26)17-9-4-3-8-16(17)21(18)25;;1-5(2,3)4/h3-4,7-11H,2,5-6,12-15H2,1H3;1H3;(H2,1,2,3,4)/q;-1;/p+1. The van der Waals surface area contributed by atoms with Gasteiger partial charge < -0.3 is 17.2 Å². The molecule has 1 fully saturated rings.